The Bertz CT molecular complexity index is 999. The molecular weight excluding hydrogens is 651 g/mol. The van der Waals surface area contributed by atoms with Crippen LogP contribution in [0.5, 0.6) is 0 Å². The van der Waals surface area contributed by atoms with Crippen molar-refractivity contribution in [2.24, 2.45) is 0 Å². The molecular formula is C30H65FO15S. The molecule has 3 unspecified atom stereocenters. The van der Waals surface area contributed by atoms with Crippen LogP contribution in [0.3, 0.4) is 0 Å². The van der Waals surface area contributed by atoms with Crippen molar-refractivity contribution >= 4 is 10.1 Å². The van der Waals surface area contributed by atoms with Crippen molar-refractivity contribution in [2.75, 3.05) is 27.5 Å². The molecule has 1 aromatic carbocycles. The number of hydrogen-bond donors (Lipinski definition) is 7. The maximum atomic E-state index is 10.5. The molecule has 3 saturated heterocycles. The van der Waals surface area contributed by atoms with Gasteiger partial charge < -0.3 is 59.8 Å². The first-order chi connectivity index (χ1) is 19.6. The maximum absolute atomic E-state index is 10.5. The quantitative estimate of drug-likeness (QED) is 0.204. The van der Waals surface area contributed by atoms with Crippen LogP contribution in [0.25, 0.3) is 0 Å². The molecule has 8 atom stereocenters. The fourth-order valence-corrected chi connectivity index (χ4v) is 3.72. The minimum atomic E-state index is -4.02. The molecule has 3 heterocycles. The van der Waals surface area contributed by atoms with Gasteiger partial charge in [0, 0.05) is 7.11 Å². The summed E-state index contributed by atoms with van der Waals surface area (Å²) in [6, 6.07) is 5.99. The molecule has 0 radical (unpaired) electrons. The standard InChI is InChI=1S/C8H14O5.C7H8O3S.C5H10O5.C5H12O.CH3F.4CH4.H2O/c1-8(2)12-4-3-11-7(10)5(9)6(4)13-8;1-6-2-4-7(5-3-6)11(8,9)10;6-2-1-10-5(9)4(8)3(2)7;1-5(2,3)6-4;1-2;;;;;/h4-7,9-10H,3H2,1-2H3;2-5H,1H3,(H,8,9,10);2-9H,1H2;1-4H3;1H3;4*1H4;1H2/t4?,5-,6+,7?;;2-,3-,4+,5?;;;;;;;/m1.0......./s1/i;;;;1D;;;;;. The van der Waals surface area contributed by atoms with Gasteiger partial charge in [0.05, 0.1) is 32.2 Å². The third-order valence-corrected chi connectivity index (χ3v) is 6.55. The van der Waals surface area contributed by atoms with Gasteiger partial charge >= 0.3 is 0 Å². The van der Waals surface area contributed by atoms with E-state index in [9.17, 15) is 23.0 Å². The first-order valence-electron chi connectivity index (χ1n) is 13.4. The largest absolute Gasteiger partial charge is 0.412 e. The Hall–Kier alpha value is -1.42. The SMILES string of the molecule is C.C.C.C.CC1(C)OC2COC(O)[C@H](O)[C@H]2O1.COC(C)(C)C.Cc1ccc(S(=O)(=O)O)cc1.O.OC1OC[C@H](O)[C@H](O)[C@H]1O.[2H]CF. The Morgan fingerprint density at radius 1 is 0.872 bits per heavy atom. The van der Waals surface area contributed by atoms with Crippen LogP contribution in [0.4, 0.5) is 4.39 Å². The second kappa shape index (κ2) is 25.5. The van der Waals surface area contributed by atoms with E-state index in [2.05, 4.69) is 4.74 Å². The molecule has 0 amide bonds. The van der Waals surface area contributed by atoms with Gasteiger partial charge in [-0.1, -0.05) is 47.4 Å². The van der Waals surface area contributed by atoms with Crippen molar-refractivity contribution in [2.45, 2.75) is 137 Å². The number of aliphatic hydroxyl groups excluding tert-OH is 6. The highest BCUT2D eigenvalue weighted by Gasteiger charge is 2.50. The summed E-state index contributed by atoms with van der Waals surface area (Å²) in [6.07, 6.45) is -8.20. The summed E-state index contributed by atoms with van der Waals surface area (Å²) < 4.78 is 70.2. The van der Waals surface area contributed by atoms with Crippen LogP contribution in [0.15, 0.2) is 29.2 Å². The predicted octanol–water partition coefficient (Wildman–Crippen LogP) is 1.61. The van der Waals surface area contributed by atoms with Crippen LogP contribution in [0.1, 0.15) is 71.3 Å². The molecule has 0 bridgehead atoms. The summed E-state index contributed by atoms with van der Waals surface area (Å²) >= 11 is 0. The maximum Gasteiger partial charge on any atom is 0.294 e. The van der Waals surface area contributed by atoms with Crippen molar-refractivity contribution in [1.29, 1.82) is 0 Å². The summed E-state index contributed by atoms with van der Waals surface area (Å²) in [5, 5.41) is 53.9. The molecule has 4 rings (SSSR count). The molecule has 3 fully saturated rings. The zero-order valence-corrected chi connectivity index (χ0v) is 26.1. The van der Waals surface area contributed by atoms with Crippen LogP contribution in [-0.4, -0.2) is 137 Å². The van der Waals surface area contributed by atoms with Crippen LogP contribution in [0.2, 0.25) is 0 Å². The lowest BCUT2D eigenvalue weighted by Crippen LogP contribution is -2.52. The molecule has 47 heavy (non-hydrogen) atoms. The summed E-state index contributed by atoms with van der Waals surface area (Å²) in [7, 11) is -3.31. The number of rotatable bonds is 1. The minimum Gasteiger partial charge on any atom is -0.412 e. The van der Waals surface area contributed by atoms with Crippen LogP contribution in [-0.2, 0) is 33.8 Å². The Labute approximate surface area is 282 Å². The van der Waals surface area contributed by atoms with Gasteiger partial charge in [0.15, 0.2) is 18.4 Å². The van der Waals surface area contributed by atoms with E-state index in [1.807, 2.05) is 27.7 Å². The van der Waals surface area contributed by atoms with Gasteiger partial charge in [-0.3, -0.25) is 8.94 Å². The lowest BCUT2D eigenvalue weighted by atomic mass is 10.1. The van der Waals surface area contributed by atoms with E-state index >= 15 is 0 Å². The van der Waals surface area contributed by atoms with E-state index in [4.69, 9.17) is 45.3 Å². The molecule has 288 valence electrons. The van der Waals surface area contributed by atoms with Gasteiger partial charge in [-0.2, -0.15) is 8.42 Å². The number of ether oxygens (including phenoxy) is 5. The number of hydrogen-bond acceptors (Lipinski definition) is 13. The monoisotopic (exact) mass is 717 g/mol. The van der Waals surface area contributed by atoms with Crippen LogP contribution < -0.4 is 0 Å². The van der Waals surface area contributed by atoms with Gasteiger partial charge in [-0.05, 0) is 53.7 Å². The molecule has 0 saturated carbocycles. The van der Waals surface area contributed by atoms with Gasteiger partial charge in [0.2, 0.25) is 0 Å². The third-order valence-electron chi connectivity index (χ3n) is 5.69. The van der Waals surface area contributed by atoms with Crippen molar-refractivity contribution in [3.05, 3.63) is 29.8 Å². The second-order valence-electron chi connectivity index (χ2n) is 10.7. The molecule has 0 aliphatic carbocycles. The lowest BCUT2D eigenvalue weighted by molar-refractivity contribution is -0.252. The Kier molecular flexibility index (Phi) is 29.9. The second-order valence-corrected chi connectivity index (χ2v) is 12.2. The number of methoxy groups -OCH3 is 1. The minimum absolute atomic E-state index is 0. The van der Waals surface area contributed by atoms with Crippen molar-refractivity contribution in [1.82, 2.24) is 0 Å². The zero-order valence-electron chi connectivity index (χ0n) is 26.3. The Balaban J connectivity index is -0.000000118. The smallest absolute Gasteiger partial charge is 0.294 e. The highest BCUT2D eigenvalue weighted by Crippen LogP contribution is 2.33. The van der Waals surface area contributed by atoms with Gasteiger partial charge in [0.1, 0.15) is 36.6 Å². The molecule has 9 N–H and O–H groups in total. The molecule has 0 spiro atoms. The third kappa shape index (κ3) is 21.3. The zero-order chi connectivity index (χ0) is 33.8. The van der Waals surface area contributed by atoms with E-state index in [1.165, 1.54) is 12.1 Å². The molecule has 3 aliphatic heterocycles. The van der Waals surface area contributed by atoms with Gasteiger partial charge in [0.25, 0.3) is 10.1 Å². The van der Waals surface area contributed by atoms with Crippen molar-refractivity contribution in [3.8, 4) is 0 Å². The number of aliphatic hydroxyl groups is 6. The number of benzene rings is 1. The summed E-state index contributed by atoms with van der Waals surface area (Å²) in [6.45, 7) is 11.5. The summed E-state index contributed by atoms with van der Waals surface area (Å²) in [5.41, 5.74) is 0.998. The number of alkyl halides is 1. The first kappa shape index (κ1) is 55.0. The Morgan fingerprint density at radius 3 is 1.66 bits per heavy atom. The fraction of sp³-hybridized carbons (Fsp3) is 0.800. The molecule has 1 aromatic rings. The first-order valence-corrected chi connectivity index (χ1v) is 14.2. The average molecular weight is 718 g/mol. The number of fused-ring (bicyclic) bond motifs is 1. The summed E-state index contributed by atoms with van der Waals surface area (Å²) in [4.78, 5) is -0.0666. The van der Waals surface area contributed by atoms with E-state index in [-0.39, 0.29) is 65.0 Å². The molecule has 3 aliphatic rings. The average Bonchev–Trinajstić information content (AvgIpc) is 3.23. The molecule has 15 nitrogen and oxygen atoms in total. The number of aryl methyl sites for hydroxylation is 1. The van der Waals surface area contributed by atoms with E-state index in [0.717, 1.165) is 5.56 Å². The predicted molar refractivity (Wildman–Crippen MR) is 177 cm³/mol. The lowest BCUT2D eigenvalue weighted by Gasteiger charge is -2.31. The van der Waals surface area contributed by atoms with Crippen LogP contribution >= 0.6 is 0 Å². The topological polar surface area (TPSA) is 253 Å². The van der Waals surface area contributed by atoms with Gasteiger partial charge in [-0.25, -0.2) is 0 Å². The van der Waals surface area contributed by atoms with Crippen molar-refractivity contribution < 1.29 is 78.5 Å². The number of halogens is 1. The normalized spacial score (nSPS) is 28.6. The van der Waals surface area contributed by atoms with Crippen molar-refractivity contribution in [3.63, 3.8) is 0 Å². The Morgan fingerprint density at radius 2 is 1.28 bits per heavy atom. The van der Waals surface area contributed by atoms with Gasteiger partial charge in [-0.15, -0.1) is 0 Å². The van der Waals surface area contributed by atoms with E-state index in [1.54, 1.807) is 33.1 Å². The fourth-order valence-electron chi connectivity index (χ4n) is 3.24. The van der Waals surface area contributed by atoms with Crippen LogP contribution in [0, 0.1) is 6.92 Å². The van der Waals surface area contributed by atoms with E-state index < -0.39 is 66.2 Å². The van der Waals surface area contributed by atoms with E-state index in [0.29, 0.717) is 0 Å². The highest BCUT2D eigenvalue weighted by atomic mass is 32.2. The molecule has 17 heteroatoms. The summed E-state index contributed by atoms with van der Waals surface area (Å²) in [5.74, 6) is -0.705. The highest BCUT2D eigenvalue weighted by molar-refractivity contribution is 7.85. The molecule has 0 aromatic heterocycles.